The fourth-order valence-corrected chi connectivity index (χ4v) is 3.75. The Balaban J connectivity index is 1.42. The number of rotatable bonds is 7. The van der Waals surface area contributed by atoms with E-state index >= 15 is 0 Å². The van der Waals surface area contributed by atoms with Gasteiger partial charge in [-0.1, -0.05) is 60.7 Å². The monoisotopic (exact) mass is 375 g/mol. The second kappa shape index (κ2) is 8.40. The fourth-order valence-electron chi connectivity index (χ4n) is 3.75. The molecule has 144 valence electrons. The van der Waals surface area contributed by atoms with Gasteiger partial charge >= 0.3 is 0 Å². The van der Waals surface area contributed by atoms with Gasteiger partial charge in [-0.3, -0.25) is 9.48 Å². The first-order chi connectivity index (χ1) is 13.7. The van der Waals surface area contributed by atoms with Crippen molar-refractivity contribution in [2.24, 2.45) is 5.92 Å². The largest absolute Gasteiger partial charge is 0.393 e. The summed E-state index contributed by atoms with van der Waals surface area (Å²) in [4.78, 5) is 12.8. The molecule has 28 heavy (non-hydrogen) atoms. The van der Waals surface area contributed by atoms with E-state index in [0.717, 1.165) is 24.8 Å². The van der Waals surface area contributed by atoms with Crippen molar-refractivity contribution in [1.82, 2.24) is 15.1 Å². The third-order valence-electron chi connectivity index (χ3n) is 5.42. The molecule has 4 rings (SSSR count). The van der Waals surface area contributed by atoms with Gasteiger partial charge in [-0.05, 0) is 36.3 Å². The molecule has 0 unspecified atom stereocenters. The summed E-state index contributed by atoms with van der Waals surface area (Å²) in [5.41, 5.74) is 2.89. The molecule has 2 N–H and O–H groups in total. The zero-order valence-corrected chi connectivity index (χ0v) is 15.7. The van der Waals surface area contributed by atoms with Crippen LogP contribution in [0.15, 0.2) is 73.1 Å². The van der Waals surface area contributed by atoms with Gasteiger partial charge in [-0.25, -0.2) is 0 Å². The second-order valence-electron chi connectivity index (χ2n) is 7.57. The minimum Gasteiger partial charge on any atom is -0.393 e. The van der Waals surface area contributed by atoms with Crippen LogP contribution < -0.4 is 5.32 Å². The van der Waals surface area contributed by atoms with Crippen molar-refractivity contribution in [3.63, 3.8) is 0 Å². The van der Waals surface area contributed by atoms with Crippen LogP contribution in [0.25, 0.3) is 0 Å². The molecule has 1 heterocycles. The third-order valence-corrected chi connectivity index (χ3v) is 5.42. The molecule has 1 fully saturated rings. The number of nitrogens with one attached hydrogen (secondary N) is 1. The van der Waals surface area contributed by atoms with Crippen LogP contribution >= 0.6 is 0 Å². The molecule has 0 aliphatic heterocycles. The maximum absolute atomic E-state index is 12.8. The SMILES string of the molecule is O=C(N[C@H](Cc1ccccc1)C1CC(O)C1)c1cnn(Cc2ccccc2)c1. The van der Waals surface area contributed by atoms with Crippen molar-refractivity contribution in [3.8, 4) is 0 Å². The molecular weight excluding hydrogens is 350 g/mol. The van der Waals surface area contributed by atoms with Crippen LogP contribution in [0.2, 0.25) is 0 Å². The van der Waals surface area contributed by atoms with Crippen molar-refractivity contribution in [3.05, 3.63) is 89.7 Å². The molecule has 1 aromatic heterocycles. The van der Waals surface area contributed by atoms with Crippen LogP contribution in [-0.4, -0.2) is 32.9 Å². The lowest BCUT2D eigenvalue weighted by atomic mass is 9.75. The lowest BCUT2D eigenvalue weighted by molar-refractivity contribution is 0.0239. The van der Waals surface area contributed by atoms with Gasteiger partial charge in [0.25, 0.3) is 5.91 Å². The maximum Gasteiger partial charge on any atom is 0.254 e. The molecule has 2 aromatic carbocycles. The summed E-state index contributed by atoms with van der Waals surface area (Å²) in [5, 5.41) is 17.2. The first kappa shape index (κ1) is 18.4. The molecule has 5 nitrogen and oxygen atoms in total. The number of nitrogens with zero attached hydrogens (tertiary/aromatic N) is 2. The number of carbonyl (C=O) groups excluding carboxylic acids is 1. The zero-order chi connectivity index (χ0) is 19.3. The smallest absolute Gasteiger partial charge is 0.254 e. The topological polar surface area (TPSA) is 67.2 Å². The average molecular weight is 375 g/mol. The van der Waals surface area contributed by atoms with Crippen LogP contribution in [0.5, 0.6) is 0 Å². The molecule has 3 aromatic rings. The van der Waals surface area contributed by atoms with Crippen molar-refractivity contribution in [2.75, 3.05) is 0 Å². The van der Waals surface area contributed by atoms with Crippen molar-refractivity contribution in [1.29, 1.82) is 0 Å². The van der Waals surface area contributed by atoms with E-state index in [2.05, 4.69) is 22.5 Å². The number of benzene rings is 2. The Hall–Kier alpha value is -2.92. The first-order valence-corrected chi connectivity index (χ1v) is 9.76. The van der Waals surface area contributed by atoms with Gasteiger partial charge in [0.05, 0.1) is 24.4 Å². The van der Waals surface area contributed by atoms with Gasteiger partial charge in [0, 0.05) is 12.2 Å². The van der Waals surface area contributed by atoms with Crippen molar-refractivity contribution < 1.29 is 9.90 Å². The van der Waals surface area contributed by atoms with Crippen LogP contribution in [0.3, 0.4) is 0 Å². The highest BCUT2D eigenvalue weighted by Gasteiger charge is 2.35. The summed E-state index contributed by atoms with van der Waals surface area (Å²) >= 11 is 0. The second-order valence-corrected chi connectivity index (χ2v) is 7.57. The van der Waals surface area contributed by atoms with E-state index in [9.17, 15) is 9.90 Å². The zero-order valence-electron chi connectivity index (χ0n) is 15.7. The summed E-state index contributed by atoms with van der Waals surface area (Å²) in [6.45, 7) is 0.635. The Bertz CT molecular complexity index is 902. The normalized spacial score (nSPS) is 19.6. The van der Waals surface area contributed by atoms with Gasteiger partial charge in [0.2, 0.25) is 0 Å². The molecule has 1 aliphatic carbocycles. The van der Waals surface area contributed by atoms with Gasteiger partial charge in [-0.2, -0.15) is 5.10 Å². The average Bonchev–Trinajstić information content (AvgIpc) is 3.15. The number of hydrogen-bond acceptors (Lipinski definition) is 3. The predicted octanol–water partition coefficient (Wildman–Crippen LogP) is 3.04. The van der Waals surface area contributed by atoms with E-state index in [1.165, 1.54) is 5.56 Å². The highest BCUT2D eigenvalue weighted by molar-refractivity contribution is 5.93. The van der Waals surface area contributed by atoms with E-state index in [1.54, 1.807) is 17.1 Å². The minimum atomic E-state index is -0.242. The summed E-state index contributed by atoms with van der Waals surface area (Å²) in [7, 11) is 0. The van der Waals surface area contributed by atoms with Crippen LogP contribution in [-0.2, 0) is 13.0 Å². The van der Waals surface area contributed by atoms with Gasteiger partial charge < -0.3 is 10.4 Å². The molecule has 1 aliphatic rings. The van der Waals surface area contributed by atoms with E-state index < -0.39 is 0 Å². The Morgan fingerprint density at radius 2 is 1.71 bits per heavy atom. The summed E-state index contributed by atoms with van der Waals surface area (Å²) < 4.78 is 1.78. The van der Waals surface area contributed by atoms with Gasteiger partial charge in [-0.15, -0.1) is 0 Å². The Labute approximate surface area is 165 Å². The molecule has 0 radical (unpaired) electrons. The van der Waals surface area contributed by atoms with E-state index in [0.29, 0.717) is 18.0 Å². The number of aliphatic hydroxyl groups is 1. The van der Waals surface area contributed by atoms with E-state index in [4.69, 9.17) is 0 Å². The molecule has 0 spiro atoms. The van der Waals surface area contributed by atoms with Crippen molar-refractivity contribution >= 4 is 5.91 Å². The third kappa shape index (κ3) is 4.49. The molecule has 1 amide bonds. The Morgan fingerprint density at radius 3 is 2.36 bits per heavy atom. The quantitative estimate of drug-likeness (QED) is 0.667. The van der Waals surface area contributed by atoms with Crippen molar-refractivity contribution in [2.45, 2.75) is 38.0 Å². The standard InChI is InChI=1S/C23H25N3O2/c27-21-12-19(13-21)22(11-17-7-3-1-4-8-17)25-23(28)20-14-24-26(16-20)15-18-9-5-2-6-10-18/h1-10,14,16,19,21-22,27H,11-13,15H2,(H,25,28)/t19?,21?,22-/m1/s1. The number of aromatic nitrogens is 2. The van der Waals surface area contributed by atoms with E-state index in [1.807, 2.05) is 48.5 Å². The highest BCUT2D eigenvalue weighted by Crippen LogP contribution is 2.32. The summed E-state index contributed by atoms with van der Waals surface area (Å²) in [6.07, 6.45) is 5.41. The molecule has 1 atom stereocenters. The van der Waals surface area contributed by atoms with Gasteiger partial charge in [0.15, 0.2) is 0 Å². The van der Waals surface area contributed by atoms with Crippen LogP contribution in [0.4, 0.5) is 0 Å². The summed E-state index contributed by atoms with van der Waals surface area (Å²) in [5.74, 6) is 0.195. The molecule has 5 heteroatoms. The lowest BCUT2D eigenvalue weighted by Gasteiger charge is -2.38. The minimum absolute atomic E-state index is 0.00998. The van der Waals surface area contributed by atoms with E-state index in [-0.39, 0.29) is 18.1 Å². The molecule has 1 saturated carbocycles. The Kier molecular flexibility index (Phi) is 5.53. The van der Waals surface area contributed by atoms with Crippen LogP contribution in [0.1, 0.15) is 34.3 Å². The predicted molar refractivity (Wildman–Crippen MR) is 108 cm³/mol. The Morgan fingerprint density at radius 1 is 1.07 bits per heavy atom. The highest BCUT2D eigenvalue weighted by atomic mass is 16.3. The number of hydrogen-bond donors (Lipinski definition) is 2. The number of amides is 1. The maximum atomic E-state index is 12.8. The summed E-state index contributed by atoms with van der Waals surface area (Å²) in [6, 6.07) is 20.2. The lowest BCUT2D eigenvalue weighted by Crippen LogP contribution is -2.48. The number of aliphatic hydroxyl groups excluding tert-OH is 1. The fraction of sp³-hybridized carbons (Fsp3) is 0.304. The molecule has 0 saturated heterocycles. The molecular formula is C23H25N3O2. The number of carbonyl (C=O) groups is 1. The molecule has 0 bridgehead atoms. The van der Waals surface area contributed by atoms with Gasteiger partial charge in [0.1, 0.15) is 0 Å². The van der Waals surface area contributed by atoms with Crippen LogP contribution in [0, 0.1) is 5.92 Å². The first-order valence-electron chi connectivity index (χ1n) is 9.76.